The van der Waals surface area contributed by atoms with Gasteiger partial charge in [-0.05, 0) is 41.3 Å². The molecular weight excluding hydrogens is 495 g/mol. The molecule has 170 valence electrons. The number of carboxylic acid groups (broad SMARTS) is 1. The van der Waals surface area contributed by atoms with Crippen molar-refractivity contribution in [2.45, 2.75) is 11.3 Å². The second kappa shape index (κ2) is 8.25. The zero-order valence-electron chi connectivity index (χ0n) is 16.8. The number of benzene rings is 2. The Morgan fingerprint density at radius 2 is 1.91 bits per heavy atom. The van der Waals surface area contributed by atoms with E-state index in [1.54, 1.807) is 0 Å². The number of rotatable bonds is 5. The highest BCUT2D eigenvalue weighted by Crippen LogP contribution is 2.37. The summed E-state index contributed by atoms with van der Waals surface area (Å²) in [5.74, 6) is -3.69. The number of carboxylic acids is 1. The van der Waals surface area contributed by atoms with Crippen LogP contribution in [0.1, 0.15) is 25.6 Å². The van der Waals surface area contributed by atoms with Crippen molar-refractivity contribution >= 4 is 62.1 Å². The molecule has 1 aliphatic heterocycles. The quantitative estimate of drug-likeness (QED) is 0.525. The first kappa shape index (κ1) is 22.9. The Morgan fingerprint density at radius 3 is 2.58 bits per heavy atom. The molecule has 2 heterocycles. The second-order valence-electron chi connectivity index (χ2n) is 7.02. The fourth-order valence-electron chi connectivity index (χ4n) is 3.45. The van der Waals surface area contributed by atoms with Gasteiger partial charge in [0.15, 0.2) is 0 Å². The fraction of sp³-hybridized carbons (Fsp3) is 0.0952. The van der Waals surface area contributed by atoms with Crippen molar-refractivity contribution in [2.75, 3.05) is 16.3 Å². The Bertz CT molecular complexity index is 1440. The average molecular weight is 509 g/mol. The number of hydrogen-bond acceptors (Lipinski definition) is 6. The molecule has 0 spiro atoms. The minimum Gasteiger partial charge on any atom is -0.477 e. The van der Waals surface area contributed by atoms with E-state index in [9.17, 15) is 32.3 Å². The van der Waals surface area contributed by atoms with Gasteiger partial charge in [-0.1, -0.05) is 23.7 Å². The number of para-hydroxylation sites is 1. The zero-order valence-corrected chi connectivity index (χ0v) is 19.2. The Kier molecular flexibility index (Phi) is 5.72. The summed E-state index contributed by atoms with van der Waals surface area (Å²) in [4.78, 5) is 37.5. The van der Waals surface area contributed by atoms with Crippen LogP contribution in [-0.2, 0) is 21.2 Å². The SMILES string of the molecule is CN(c1ccccc1F)S(=O)(=O)c1ccc(Cl)c(N2C(=O)Cc3csc(C(=O)O)c3C2=O)c1. The number of thiophene rings is 1. The number of carbonyl (C=O) groups is 3. The van der Waals surface area contributed by atoms with Crippen molar-refractivity contribution < 1.29 is 32.3 Å². The molecule has 1 aliphatic rings. The van der Waals surface area contributed by atoms with Gasteiger partial charge in [-0.25, -0.2) is 22.5 Å². The Labute approximate surface area is 196 Å². The molecule has 0 atom stereocenters. The van der Waals surface area contributed by atoms with Crippen LogP contribution in [0, 0.1) is 5.82 Å². The average Bonchev–Trinajstić information content (AvgIpc) is 3.19. The lowest BCUT2D eigenvalue weighted by molar-refractivity contribution is -0.117. The Hall–Kier alpha value is -3.28. The number of aromatic carboxylic acids is 1. The lowest BCUT2D eigenvalue weighted by Gasteiger charge is -2.27. The summed E-state index contributed by atoms with van der Waals surface area (Å²) in [5.41, 5.74) is -0.279. The van der Waals surface area contributed by atoms with Crippen LogP contribution in [0.4, 0.5) is 15.8 Å². The largest absolute Gasteiger partial charge is 0.477 e. The van der Waals surface area contributed by atoms with E-state index < -0.39 is 33.6 Å². The molecule has 0 fully saturated rings. The van der Waals surface area contributed by atoms with E-state index in [1.807, 2.05) is 0 Å². The van der Waals surface area contributed by atoms with Gasteiger partial charge in [-0.3, -0.25) is 13.9 Å². The number of halogens is 2. The lowest BCUT2D eigenvalue weighted by Crippen LogP contribution is -2.43. The minimum absolute atomic E-state index is 0.0975. The third kappa shape index (κ3) is 3.77. The van der Waals surface area contributed by atoms with Gasteiger partial charge in [0.05, 0.1) is 33.3 Å². The van der Waals surface area contributed by atoms with Crippen LogP contribution in [0.3, 0.4) is 0 Å². The van der Waals surface area contributed by atoms with Crippen molar-refractivity contribution in [3.8, 4) is 0 Å². The number of amides is 2. The number of hydrogen-bond donors (Lipinski definition) is 1. The van der Waals surface area contributed by atoms with Crippen LogP contribution < -0.4 is 9.21 Å². The van der Waals surface area contributed by atoms with Crippen molar-refractivity contribution in [3.63, 3.8) is 0 Å². The Morgan fingerprint density at radius 1 is 1.21 bits per heavy atom. The number of carbonyl (C=O) groups excluding carboxylic acids is 2. The summed E-state index contributed by atoms with van der Waals surface area (Å²) in [6.07, 6.45) is -0.257. The molecule has 8 nitrogen and oxygen atoms in total. The molecule has 3 aromatic rings. The van der Waals surface area contributed by atoms with E-state index >= 15 is 0 Å². The van der Waals surface area contributed by atoms with Crippen LogP contribution >= 0.6 is 22.9 Å². The van der Waals surface area contributed by atoms with E-state index in [0.29, 0.717) is 4.90 Å². The van der Waals surface area contributed by atoms with Crippen LogP contribution in [0.5, 0.6) is 0 Å². The molecule has 1 aromatic heterocycles. The maximum Gasteiger partial charge on any atom is 0.346 e. The molecule has 12 heteroatoms. The molecule has 2 amide bonds. The number of nitrogens with zero attached hydrogens (tertiary/aromatic N) is 2. The van der Waals surface area contributed by atoms with Crippen LogP contribution in [-0.4, -0.2) is 38.4 Å². The van der Waals surface area contributed by atoms with Crippen molar-refractivity contribution in [3.05, 3.63) is 74.7 Å². The van der Waals surface area contributed by atoms with Crippen LogP contribution in [0.2, 0.25) is 5.02 Å². The molecule has 1 N–H and O–H groups in total. The van der Waals surface area contributed by atoms with Gasteiger partial charge in [0.2, 0.25) is 5.91 Å². The van der Waals surface area contributed by atoms with E-state index in [-0.39, 0.29) is 43.7 Å². The second-order valence-corrected chi connectivity index (χ2v) is 10.3. The van der Waals surface area contributed by atoms with E-state index in [4.69, 9.17) is 11.6 Å². The standard InChI is InChI=1S/C21H14ClFN2O6S2/c1-24(15-5-3-2-4-14(15)23)33(30,31)12-6-7-13(22)16(9-12)25-17(26)8-11-10-32-19(21(28)29)18(11)20(25)27/h2-7,9-10H,8H2,1H3,(H,28,29). The van der Waals surface area contributed by atoms with Crippen molar-refractivity contribution in [1.82, 2.24) is 0 Å². The maximum absolute atomic E-state index is 14.2. The van der Waals surface area contributed by atoms with Gasteiger partial charge in [0, 0.05) is 7.05 Å². The minimum atomic E-state index is -4.31. The molecule has 0 unspecified atom stereocenters. The molecule has 0 saturated heterocycles. The molecule has 0 radical (unpaired) electrons. The van der Waals surface area contributed by atoms with Gasteiger partial charge in [0.1, 0.15) is 10.7 Å². The lowest BCUT2D eigenvalue weighted by atomic mass is 10.0. The zero-order chi connectivity index (χ0) is 24.1. The molecule has 4 rings (SSSR count). The molecule has 0 aliphatic carbocycles. The van der Waals surface area contributed by atoms with E-state index in [1.165, 1.54) is 29.6 Å². The molecule has 0 saturated carbocycles. The summed E-state index contributed by atoms with van der Waals surface area (Å²) in [6, 6.07) is 8.67. The normalized spacial score (nSPS) is 13.7. The molecule has 33 heavy (non-hydrogen) atoms. The van der Waals surface area contributed by atoms with E-state index in [0.717, 1.165) is 40.9 Å². The monoisotopic (exact) mass is 508 g/mol. The summed E-state index contributed by atoms with van der Waals surface area (Å²) < 4.78 is 41.2. The number of fused-ring (bicyclic) bond motifs is 1. The third-order valence-electron chi connectivity index (χ3n) is 5.08. The van der Waals surface area contributed by atoms with Gasteiger partial charge in [0.25, 0.3) is 15.9 Å². The predicted molar refractivity (Wildman–Crippen MR) is 120 cm³/mol. The molecule has 0 bridgehead atoms. The topological polar surface area (TPSA) is 112 Å². The highest BCUT2D eigenvalue weighted by Gasteiger charge is 2.38. The van der Waals surface area contributed by atoms with Gasteiger partial charge in [-0.2, -0.15) is 0 Å². The highest BCUT2D eigenvalue weighted by molar-refractivity contribution is 7.92. The maximum atomic E-state index is 14.2. The van der Waals surface area contributed by atoms with Gasteiger partial charge < -0.3 is 5.11 Å². The fourth-order valence-corrected chi connectivity index (χ4v) is 5.77. The van der Waals surface area contributed by atoms with Crippen molar-refractivity contribution in [2.24, 2.45) is 0 Å². The first-order chi connectivity index (χ1) is 15.5. The number of imide groups is 1. The molecular formula is C21H14ClFN2O6S2. The number of anilines is 2. The smallest absolute Gasteiger partial charge is 0.346 e. The summed E-state index contributed by atoms with van der Waals surface area (Å²) in [7, 11) is -3.14. The van der Waals surface area contributed by atoms with Crippen LogP contribution in [0.25, 0.3) is 0 Å². The summed E-state index contributed by atoms with van der Waals surface area (Å²) >= 11 is 7.03. The van der Waals surface area contributed by atoms with Crippen molar-refractivity contribution in [1.29, 1.82) is 0 Å². The van der Waals surface area contributed by atoms with Crippen LogP contribution in [0.15, 0.2) is 52.7 Å². The third-order valence-corrected chi connectivity index (χ3v) is 8.18. The van der Waals surface area contributed by atoms with Gasteiger partial charge >= 0.3 is 5.97 Å². The van der Waals surface area contributed by atoms with Gasteiger partial charge in [-0.15, -0.1) is 11.3 Å². The van der Waals surface area contributed by atoms with E-state index in [2.05, 4.69) is 0 Å². The number of sulfonamides is 1. The Balaban J connectivity index is 1.80. The molecule has 2 aromatic carbocycles. The first-order valence-electron chi connectivity index (χ1n) is 9.28. The summed E-state index contributed by atoms with van der Waals surface area (Å²) in [5, 5.41) is 10.7. The highest BCUT2D eigenvalue weighted by atomic mass is 35.5. The predicted octanol–water partition coefficient (Wildman–Crippen LogP) is 3.79. The first-order valence-corrected chi connectivity index (χ1v) is 12.0. The summed E-state index contributed by atoms with van der Waals surface area (Å²) in [6.45, 7) is 0.